The van der Waals surface area contributed by atoms with Crippen LogP contribution in [0.5, 0.6) is 0 Å². The molecule has 0 spiro atoms. The van der Waals surface area contributed by atoms with E-state index in [0.29, 0.717) is 6.54 Å². The van der Waals surface area contributed by atoms with E-state index in [1.165, 1.54) is 10.9 Å². The summed E-state index contributed by atoms with van der Waals surface area (Å²) in [5.41, 5.74) is 3.32. The highest BCUT2D eigenvalue weighted by molar-refractivity contribution is 5.82. The van der Waals surface area contributed by atoms with E-state index in [2.05, 4.69) is 36.4 Å². The standard InChI is InChI=1S/C16H19N3O/c1-3-17-10-14-13-6-4-5-7-15(13)20-16(14)11-19-12(2)8-9-18-19/h4-9,17H,3,10-11H2,1-2H3. The average molecular weight is 269 g/mol. The molecule has 0 aliphatic heterocycles. The van der Waals surface area contributed by atoms with Gasteiger partial charge in [0.2, 0.25) is 0 Å². The first-order valence-corrected chi connectivity index (χ1v) is 6.98. The monoisotopic (exact) mass is 269 g/mol. The average Bonchev–Trinajstić information content (AvgIpc) is 3.01. The van der Waals surface area contributed by atoms with Gasteiger partial charge in [0.25, 0.3) is 0 Å². The molecule has 4 nitrogen and oxygen atoms in total. The number of fused-ring (bicyclic) bond motifs is 1. The number of hydrogen-bond acceptors (Lipinski definition) is 3. The van der Waals surface area contributed by atoms with Gasteiger partial charge >= 0.3 is 0 Å². The molecular weight excluding hydrogens is 250 g/mol. The SMILES string of the molecule is CCNCc1c(Cn2nccc2C)oc2ccccc12. The summed E-state index contributed by atoms with van der Waals surface area (Å²) < 4.78 is 7.99. The van der Waals surface area contributed by atoms with E-state index in [-0.39, 0.29) is 0 Å². The van der Waals surface area contributed by atoms with Crippen molar-refractivity contribution in [3.63, 3.8) is 0 Å². The van der Waals surface area contributed by atoms with Gasteiger partial charge in [-0.1, -0.05) is 25.1 Å². The molecule has 0 aliphatic rings. The number of rotatable bonds is 5. The van der Waals surface area contributed by atoms with Crippen molar-refractivity contribution >= 4 is 11.0 Å². The second kappa shape index (κ2) is 5.51. The molecule has 0 saturated carbocycles. The predicted octanol–water partition coefficient (Wildman–Crippen LogP) is 3.10. The third kappa shape index (κ3) is 2.34. The predicted molar refractivity (Wildman–Crippen MR) is 79.7 cm³/mol. The summed E-state index contributed by atoms with van der Waals surface area (Å²) in [5.74, 6) is 0.985. The Morgan fingerprint density at radius 1 is 1.25 bits per heavy atom. The van der Waals surface area contributed by atoms with Crippen LogP contribution in [0.2, 0.25) is 0 Å². The van der Waals surface area contributed by atoms with E-state index in [4.69, 9.17) is 4.42 Å². The van der Waals surface area contributed by atoms with Crippen LogP contribution in [0.15, 0.2) is 40.9 Å². The Morgan fingerprint density at radius 3 is 2.85 bits per heavy atom. The van der Waals surface area contributed by atoms with Crippen LogP contribution in [-0.4, -0.2) is 16.3 Å². The molecule has 20 heavy (non-hydrogen) atoms. The Morgan fingerprint density at radius 2 is 2.10 bits per heavy atom. The van der Waals surface area contributed by atoms with Crippen molar-refractivity contribution in [3.05, 3.63) is 53.5 Å². The van der Waals surface area contributed by atoms with E-state index < -0.39 is 0 Å². The number of nitrogens with one attached hydrogen (secondary N) is 1. The van der Waals surface area contributed by atoms with Crippen LogP contribution >= 0.6 is 0 Å². The van der Waals surface area contributed by atoms with Crippen LogP contribution in [-0.2, 0) is 13.1 Å². The van der Waals surface area contributed by atoms with Crippen LogP contribution < -0.4 is 5.32 Å². The zero-order chi connectivity index (χ0) is 13.9. The molecule has 2 aromatic heterocycles. The van der Waals surface area contributed by atoms with Crippen LogP contribution in [0.1, 0.15) is 23.9 Å². The minimum Gasteiger partial charge on any atom is -0.459 e. The van der Waals surface area contributed by atoms with Gasteiger partial charge in [-0.05, 0) is 25.6 Å². The lowest BCUT2D eigenvalue weighted by molar-refractivity contribution is 0.496. The fourth-order valence-corrected chi connectivity index (χ4v) is 2.42. The molecule has 1 aromatic carbocycles. The van der Waals surface area contributed by atoms with E-state index in [9.17, 15) is 0 Å². The number of aryl methyl sites for hydroxylation is 1. The molecule has 1 N–H and O–H groups in total. The van der Waals surface area contributed by atoms with E-state index in [1.54, 1.807) is 0 Å². The largest absolute Gasteiger partial charge is 0.459 e. The van der Waals surface area contributed by atoms with Gasteiger partial charge in [-0.2, -0.15) is 5.10 Å². The van der Waals surface area contributed by atoms with Crippen molar-refractivity contribution in [3.8, 4) is 0 Å². The topological polar surface area (TPSA) is 43.0 Å². The highest BCUT2D eigenvalue weighted by Gasteiger charge is 2.14. The fourth-order valence-electron chi connectivity index (χ4n) is 2.42. The van der Waals surface area contributed by atoms with Crippen molar-refractivity contribution in [1.82, 2.24) is 15.1 Å². The smallest absolute Gasteiger partial charge is 0.134 e. The van der Waals surface area contributed by atoms with E-state index >= 15 is 0 Å². The Bertz CT molecular complexity index is 711. The normalized spacial score (nSPS) is 11.3. The molecule has 0 bridgehead atoms. The van der Waals surface area contributed by atoms with Crippen molar-refractivity contribution < 1.29 is 4.42 Å². The summed E-state index contributed by atoms with van der Waals surface area (Å²) in [6.45, 7) is 6.61. The van der Waals surface area contributed by atoms with Crippen molar-refractivity contribution in [1.29, 1.82) is 0 Å². The molecule has 0 fully saturated rings. The molecule has 0 radical (unpaired) electrons. The van der Waals surface area contributed by atoms with Crippen LogP contribution in [0.25, 0.3) is 11.0 Å². The maximum absolute atomic E-state index is 6.02. The number of para-hydroxylation sites is 1. The zero-order valence-corrected chi connectivity index (χ0v) is 11.9. The van der Waals surface area contributed by atoms with Gasteiger partial charge in [-0.25, -0.2) is 0 Å². The fraction of sp³-hybridized carbons (Fsp3) is 0.312. The molecular formula is C16H19N3O. The summed E-state index contributed by atoms with van der Waals surface area (Å²) in [6.07, 6.45) is 1.82. The number of hydrogen-bond donors (Lipinski definition) is 1. The lowest BCUT2D eigenvalue weighted by Crippen LogP contribution is -2.14. The van der Waals surface area contributed by atoms with Gasteiger partial charge in [0.15, 0.2) is 0 Å². The second-order valence-electron chi connectivity index (χ2n) is 4.91. The summed E-state index contributed by atoms with van der Waals surface area (Å²) >= 11 is 0. The first kappa shape index (κ1) is 12.9. The van der Waals surface area contributed by atoms with Gasteiger partial charge < -0.3 is 9.73 Å². The maximum atomic E-state index is 6.02. The molecule has 0 amide bonds. The summed E-state index contributed by atoms with van der Waals surface area (Å²) in [4.78, 5) is 0. The summed E-state index contributed by atoms with van der Waals surface area (Å²) in [7, 11) is 0. The number of benzene rings is 1. The molecule has 0 saturated heterocycles. The van der Waals surface area contributed by atoms with Gasteiger partial charge in [-0.3, -0.25) is 4.68 Å². The zero-order valence-electron chi connectivity index (χ0n) is 11.9. The van der Waals surface area contributed by atoms with Crippen LogP contribution in [0.3, 0.4) is 0 Å². The van der Waals surface area contributed by atoms with Gasteiger partial charge in [-0.15, -0.1) is 0 Å². The van der Waals surface area contributed by atoms with Crippen molar-refractivity contribution in [2.24, 2.45) is 0 Å². The molecule has 104 valence electrons. The molecule has 3 rings (SSSR count). The minimum atomic E-state index is 0.675. The van der Waals surface area contributed by atoms with Crippen LogP contribution in [0, 0.1) is 6.92 Å². The summed E-state index contributed by atoms with van der Waals surface area (Å²) in [6, 6.07) is 10.2. The third-order valence-corrected chi connectivity index (χ3v) is 3.56. The van der Waals surface area contributed by atoms with Gasteiger partial charge in [0.1, 0.15) is 11.3 Å². The lowest BCUT2D eigenvalue weighted by atomic mass is 10.1. The minimum absolute atomic E-state index is 0.675. The molecule has 0 unspecified atom stereocenters. The Kier molecular flexibility index (Phi) is 3.56. The highest BCUT2D eigenvalue weighted by atomic mass is 16.3. The molecule has 0 atom stereocenters. The number of furan rings is 1. The Hall–Kier alpha value is -2.07. The summed E-state index contributed by atoms with van der Waals surface area (Å²) in [5, 5.41) is 8.91. The highest BCUT2D eigenvalue weighted by Crippen LogP contribution is 2.26. The van der Waals surface area contributed by atoms with Crippen molar-refractivity contribution in [2.45, 2.75) is 26.9 Å². The molecule has 4 heteroatoms. The first-order chi connectivity index (χ1) is 9.79. The molecule has 3 aromatic rings. The van der Waals surface area contributed by atoms with Gasteiger partial charge in [0.05, 0.1) is 6.54 Å². The lowest BCUT2D eigenvalue weighted by Gasteiger charge is -2.06. The Labute approximate surface area is 118 Å². The maximum Gasteiger partial charge on any atom is 0.134 e. The Balaban J connectivity index is 2.02. The van der Waals surface area contributed by atoms with E-state index in [1.807, 2.05) is 29.1 Å². The number of nitrogens with zero attached hydrogens (tertiary/aromatic N) is 2. The third-order valence-electron chi connectivity index (χ3n) is 3.56. The first-order valence-electron chi connectivity index (χ1n) is 6.98. The molecule has 2 heterocycles. The number of aromatic nitrogens is 2. The van der Waals surface area contributed by atoms with Crippen LogP contribution in [0.4, 0.5) is 0 Å². The molecule has 0 aliphatic carbocycles. The van der Waals surface area contributed by atoms with E-state index in [0.717, 1.165) is 30.1 Å². The van der Waals surface area contributed by atoms with Crippen molar-refractivity contribution in [2.75, 3.05) is 6.54 Å². The second-order valence-corrected chi connectivity index (χ2v) is 4.91. The quantitative estimate of drug-likeness (QED) is 0.774. The van der Waals surface area contributed by atoms with Gasteiger partial charge in [0, 0.05) is 29.4 Å².